The van der Waals surface area contributed by atoms with Crippen LogP contribution in [-0.2, 0) is 0 Å². The summed E-state index contributed by atoms with van der Waals surface area (Å²) < 4.78 is 21.7. The SMILES string of the molecule is FC(F)(P)S. The predicted octanol–water partition coefficient (Wildman–Crippen LogP) is 1.34. The van der Waals surface area contributed by atoms with Crippen LogP contribution in [0, 0.1) is 0 Å². The van der Waals surface area contributed by atoms with Gasteiger partial charge in [-0.3, -0.25) is 0 Å². The third-order valence-corrected chi connectivity index (χ3v) is 0. The number of hydrogen-bond donors (Lipinski definition) is 1. The van der Waals surface area contributed by atoms with Gasteiger partial charge in [0.2, 0.25) is 0 Å². The van der Waals surface area contributed by atoms with Crippen molar-refractivity contribution in [2.75, 3.05) is 0 Å². The summed E-state index contributed by atoms with van der Waals surface area (Å²) in [5, 5.41) is 0. The average molecular weight is 116 g/mol. The number of hydrogen-bond acceptors (Lipinski definition) is 1. The van der Waals surface area contributed by atoms with Crippen LogP contribution in [0.15, 0.2) is 0 Å². The molecule has 0 radical (unpaired) electrons. The molecule has 4 heteroatoms. The topological polar surface area (TPSA) is 0 Å². The lowest BCUT2D eigenvalue weighted by molar-refractivity contribution is 0.214. The fraction of sp³-hybridized carbons (Fsp3) is 1.00. The van der Waals surface area contributed by atoms with Crippen molar-refractivity contribution >= 4 is 21.9 Å². The molecule has 0 aromatic heterocycles. The van der Waals surface area contributed by atoms with Crippen molar-refractivity contribution in [3.05, 3.63) is 0 Å². The van der Waals surface area contributed by atoms with E-state index in [1.807, 2.05) is 0 Å². The highest BCUT2D eigenvalue weighted by atomic mass is 32.1. The molecule has 0 spiro atoms. The molecule has 0 aromatic rings. The van der Waals surface area contributed by atoms with E-state index in [2.05, 4.69) is 12.6 Å². The van der Waals surface area contributed by atoms with Crippen LogP contribution in [0.4, 0.5) is 8.78 Å². The van der Waals surface area contributed by atoms with E-state index in [9.17, 15) is 8.78 Å². The molecule has 0 amide bonds. The molecule has 0 fully saturated rings. The molecule has 0 aliphatic heterocycles. The van der Waals surface area contributed by atoms with Crippen LogP contribution in [-0.4, -0.2) is 5.00 Å². The van der Waals surface area contributed by atoms with E-state index in [1.165, 1.54) is 9.24 Å². The van der Waals surface area contributed by atoms with Crippen LogP contribution in [0.2, 0.25) is 0 Å². The van der Waals surface area contributed by atoms with Crippen molar-refractivity contribution in [3.63, 3.8) is 0 Å². The van der Waals surface area contributed by atoms with E-state index < -0.39 is 5.00 Å². The van der Waals surface area contributed by atoms with Gasteiger partial charge in [-0.1, -0.05) is 9.24 Å². The molecule has 0 rings (SSSR count). The normalized spacial score (nSPS) is 12.0. The summed E-state index contributed by atoms with van der Waals surface area (Å²) in [7, 11) is 1.25. The third-order valence-electron chi connectivity index (χ3n) is 0. The molecule has 0 bridgehead atoms. The van der Waals surface area contributed by atoms with Crippen LogP contribution in [0.1, 0.15) is 0 Å². The second kappa shape index (κ2) is 1.39. The standard InChI is InChI=1S/CH3F2PS/c2-1(3,4)5/h5H,4H2. The summed E-state index contributed by atoms with van der Waals surface area (Å²) in [6, 6.07) is 0. The quantitative estimate of drug-likeness (QED) is 0.358. The molecule has 0 aliphatic rings. The van der Waals surface area contributed by atoms with Gasteiger partial charge in [-0.25, -0.2) is 0 Å². The minimum Gasteiger partial charge on any atom is -0.190 e. The molecule has 0 heterocycles. The first-order chi connectivity index (χ1) is 2.00. The van der Waals surface area contributed by atoms with E-state index >= 15 is 0 Å². The summed E-state index contributed by atoms with van der Waals surface area (Å²) in [5.74, 6) is 0. The number of thiol groups is 1. The first kappa shape index (κ1) is 5.64. The van der Waals surface area contributed by atoms with Gasteiger partial charge in [-0.05, 0) is 0 Å². The molecule has 5 heavy (non-hydrogen) atoms. The lowest BCUT2D eigenvalue weighted by Gasteiger charge is -1.93. The fourth-order valence-corrected chi connectivity index (χ4v) is 0. The van der Waals surface area contributed by atoms with Gasteiger partial charge in [0, 0.05) is 0 Å². The minimum atomic E-state index is -2.89. The summed E-state index contributed by atoms with van der Waals surface area (Å²) in [4.78, 5) is -2.89. The van der Waals surface area contributed by atoms with Gasteiger partial charge in [0.25, 0.3) is 0 Å². The molecular formula is CH3F2PS. The Morgan fingerprint density at radius 3 is 1.60 bits per heavy atom. The van der Waals surface area contributed by atoms with E-state index in [0.29, 0.717) is 0 Å². The van der Waals surface area contributed by atoms with E-state index in [1.54, 1.807) is 0 Å². The summed E-state index contributed by atoms with van der Waals surface area (Å²) >= 11 is 2.75. The van der Waals surface area contributed by atoms with Crippen molar-refractivity contribution in [1.29, 1.82) is 0 Å². The summed E-state index contributed by atoms with van der Waals surface area (Å²) in [5.41, 5.74) is 0. The minimum absolute atomic E-state index is 1.25. The third kappa shape index (κ3) is 79.0. The van der Waals surface area contributed by atoms with Gasteiger partial charge in [0.05, 0.1) is 0 Å². The molecule has 0 nitrogen and oxygen atoms in total. The lowest BCUT2D eigenvalue weighted by Crippen LogP contribution is -1.85. The van der Waals surface area contributed by atoms with Gasteiger partial charge in [0.1, 0.15) is 0 Å². The summed E-state index contributed by atoms with van der Waals surface area (Å²) in [6.07, 6.45) is 0. The molecule has 0 saturated carbocycles. The molecule has 32 valence electrons. The van der Waals surface area contributed by atoms with Gasteiger partial charge in [0.15, 0.2) is 0 Å². The zero-order valence-electron chi connectivity index (χ0n) is 2.28. The van der Waals surface area contributed by atoms with Gasteiger partial charge < -0.3 is 0 Å². The predicted molar refractivity (Wildman–Crippen MR) is 23.6 cm³/mol. The van der Waals surface area contributed by atoms with Gasteiger partial charge >= 0.3 is 5.00 Å². The zero-order valence-corrected chi connectivity index (χ0v) is 4.33. The summed E-state index contributed by atoms with van der Waals surface area (Å²) in [6.45, 7) is 0. The Labute approximate surface area is 36.6 Å². The van der Waals surface area contributed by atoms with Crippen LogP contribution in [0.25, 0.3) is 0 Å². The molecule has 0 saturated heterocycles. The Morgan fingerprint density at radius 2 is 1.60 bits per heavy atom. The highest BCUT2D eigenvalue weighted by Crippen LogP contribution is 2.24. The Hall–Kier alpha value is 0.640. The first-order valence-corrected chi connectivity index (χ1v) is 1.91. The van der Waals surface area contributed by atoms with Gasteiger partial charge in [-0.15, -0.1) is 12.6 Å². The maximum atomic E-state index is 10.8. The highest BCUT2D eigenvalue weighted by molar-refractivity contribution is 7.86. The smallest absolute Gasteiger partial charge is 0.190 e. The number of rotatable bonds is 0. The number of halogens is 2. The van der Waals surface area contributed by atoms with Crippen molar-refractivity contribution < 1.29 is 8.78 Å². The highest BCUT2D eigenvalue weighted by Gasteiger charge is 2.10. The molecule has 0 aromatic carbocycles. The van der Waals surface area contributed by atoms with Crippen LogP contribution >= 0.6 is 21.9 Å². The van der Waals surface area contributed by atoms with Crippen LogP contribution < -0.4 is 0 Å². The van der Waals surface area contributed by atoms with E-state index in [0.717, 1.165) is 0 Å². The van der Waals surface area contributed by atoms with Gasteiger partial charge in [-0.2, -0.15) is 8.78 Å². The van der Waals surface area contributed by atoms with Crippen molar-refractivity contribution in [3.8, 4) is 0 Å². The van der Waals surface area contributed by atoms with Crippen LogP contribution in [0.3, 0.4) is 0 Å². The Balaban J connectivity index is 3.02. The maximum Gasteiger partial charge on any atom is 0.301 e. The van der Waals surface area contributed by atoms with E-state index in [4.69, 9.17) is 0 Å². The van der Waals surface area contributed by atoms with E-state index in [-0.39, 0.29) is 0 Å². The molecule has 0 N–H and O–H groups in total. The second-order valence-electron chi connectivity index (χ2n) is 0.588. The zero-order chi connectivity index (χ0) is 4.50. The molecule has 1 unspecified atom stereocenters. The molecular weight excluding hydrogens is 113 g/mol. The Morgan fingerprint density at radius 1 is 1.60 bits per heavy atom. The van der Waals surface area contributed by atoms with Crippen molar-refractivity contribution in [2.45, 2.75) is 5.00 Å². The number of alkyl halides is 2. The Kier molecular flexibility index (Phi) is 1.57. The maximum absolute atomic E-state index is 10.8. The second-order valence-corrected chi connectivity index (χ2v) is 2.40. The largest absolute Gasteiger partial charge is 0.301 e. The first-order valence-electron chi connectivity index (χ1n) is 0.890. The lowest BCUT2D eigenvalue weighted by atomic mass is 11.6. The molecule has 1 atom stereocenters. The Bertz CT molecular complexity index is 25.1. The van der Waals surface area contributed by atoms with Crippen LogP contribution in [0.5, 0.6) is 0 Å². The fourth-order valence-electron chi connectivity index (χ4n) is 0. The monoisotopic (exact) mass is 116 g/mol. The molecule has 0 aliphatic carbocycles. The average Bonchev–Trinajstić information content (AvgIpc) is 0.722. The van der Waals surface area contributed by atoms with Crippen molar-refractivity contribution in [1.82, 2.24) is 0 Å². The van der Waals surface area contributed by atoms with Crippen molar-refractivity contribution in [2.24, 2.45) is 0 Å².